The number of aliphatic carboxylic acids is 1. The molecule has 0 aliphatic carbocycles. The summed E-state index contributed by atoms with van der Waals surface area (Å²) in [6.45, 7) is 5.45. The molecule has 0 bridgehead atoms. The number of sulfonamides is 1. The van der Waals surface area contributed by atoms with Crippen LogP contribution < -0.4 is 5.32 Å². The highest BCUT2D eigenvalue weighted by Gasteiger charge is 2.45. The fourth-order valence-corrected chi connectivity index (χ4v) is 7.49. The van der Waals surface area contributed by atoms with Crippen molar-refractivity contribution in [2.75, 3.05) is 0 Å². The Hall–Kier alpha value is -3.17. The Labute approximate surface area is 250 Å². The summed E-state index contributed by atoms with van der Waals surface area (Å²) in [6.07, 6.45) is 2.08. The Morgan fingerprint density at radius 2 is 1.66 bits per heavy atom. The van der Waals surface area contributed by atoms with Crippen molar-refractivity contribution >= 4 is 45.1 Å². The number of rotatable bonds is 9. The fourth-order valence-electron chi connectivity index (χ4n) is 5.16. The smallest absolute Gasteiger partial charge is 0.326 e. The molecule has 0 spiro atoms. The molecule has 3 aromatic carbocycles. The van der Waals surface area contributed by atoms with E-state index >= 15 is 0 Å². The summed E-state index contributed by atoms with van der Waals surface area (Å²) in [5.41, 5.74) is 1.85. The number of nitrogens with zero attached hydrogens (tertiary/aromatic N) is 1. The van der Waals surface area contributed by atoms with E-state index in [4.69, 9.17) is 23.2 Å². The molecule has 7 nitrogen and oxygen atoms in total. The van der Waals surface area contributed by atoms with Crippen LogP contribution >= 0.6 is 23.2 Å². The molecule has 41 heavy (non-hydrogen) atoms. The quantitative estimate of drug-likeness (QED) is 0.278. The van der Waals surface area contributed by atoms with Crippen LogP contribution in [0, 0.1) is 12.8 Å². The summed E-state index contributed by atoms with van der Waals surface area (Å²) in [7, 11) is -4.22. The number of amides is 1. The van der Waals surface area contributed by atoms with Crippen molar-refractivity contribution in [3.8, 4) is 0 Å². The van der Waals surface area contributed by atoms with Gasteiger partial charge in [0.25, 0.3) is 0 Å². The number of benzene rings is 3. The monoisotopic (exact) mass is 614 g/mol. The minimum absolute atomic E-state index is 0.00711. The summed E-state index contributed by atoms with van der Waals surface area (Å²) in [5, 5.41) is 13.3. The Bertz CT molecular complexity index is 1570. The molecule has 1 amide bonds. The van der Waals surface area contributed by atoms with Crippen LogP contribution in [0.1, 0.15) is 55.5 Å². The number of hydrogen-bond donors (Lipinski definition) is 2. The highest BCUT2D eigenvalue weighted by Crippen LogP contribution is 2.46. The molecule has 4 rings (SSSR count). The lowest BCUT2D eigenvalue weighted by molar-refractivity contribution is -0.141. The minimum Gasteiger partial charge on any atom is -0.480 e. The van der Waals surface area contributed by atoms with Gasteiger partial charge < -0.3 is 10.4 Å². The first-order chi connectivity index (χ1) is 19.4. The van der Waals surface area contributed by atoms with Gasteiger partial charge in [0.05, 0.1) is 17.0 Å². The van der Waals surface area contributed by atoms with E-state index in [2.05, 4.69) is 5.32 Å². The second kappa shape index (κ2) is 12.8. The molecule has 3 aromatic rings. The Morgan fingerprint density at radius 3 is 2.27 bits per heavy atom. The van der Waals surface area contributed by atoms with Crippen LogP contribution in [0.3, 0.4) is 0 Å². The highest BCUT2D eigenvalue weighted by molar-refractivity contribution is 7.89. The zero-order valence-electron chi connectivity index (χ0n) is 22.9. The lowest BCUT2D eigenvalue weighted by atomic mass is 9.88. The van der Waals surface area contributed by atoms with Crippen molar-refractivity contribution in [3.05, 3.63) is 111 Å². The van der Waals surface area contributed by atoms with E-state index in [1.165, 1.54) is 4.31 Å². The Kier molecular flexibility index (Phi) is 9.59. The molecule has 1 aliphatic heterocycles. The SMILES string of the molecule is Cc1ccccc1S(=O)(=O)N1[C@@H](c2cccc(Cl)c2)C(C(=O)N[C@@H](CC(C)C)C(=O)O)=CC[C@H]1c1ccc(Cl)cc1. The number of hydrogen-bond acceptors (Lipinski definition) is 4. The van der Waals surface area contributed by atoms with Crippen molar-refractivity contribution in [2.45, 2.75) is 56.6 Å². The van der Waals surface area contributed by atoms with Gasteiger partial charge in [-0.1, -0.05) is 85.6 Å². The van der Waals surface area contributed by atoms with E-state index in [-0.39, 0.29) is 29.2 Å². The van der Waals surface area contributed by atoms with Crippen LogP contribution in [-0.4, -0.2) is 35.7 Å². The molecule has 0 saturated carbocycles. The van der Waals surface area contributed by atoms with Gasteiger partial charge in [0.15, 0.2) is 0 Å². The molecule has 10 heteroatoms. The molecule has 1 heterocycles. The van der Waals surface area contributed by atoms with Crippen LogP contribution in [0.15, 0.2) is 89.3 Å². The topological polar surface area (TPSA) is 104 Å². The number of aryl methyl sites for hydroxylation is 1. The number of carbonyl (C=O) groups is 2. The first-order valence-electron chi connectivity index (χ1n) is 13.2. The molecular formula is C31H32Cl2N2O5S. The number of halogens is 2. The Morgan fingerprint density at radius 1 is 0.976 bits per heavy atom. The third-order valence-corrected chi connectivity index (χ3v) is 9.58. The normalized spacial score (nSPS) is 18.5. The van der Waals surface area contributed by atoms with Gasteiger partial charge in [0.2, 0.25) is 15.9 Å². The third kappa shape index (κ3) is 6.84. The van der Waals surface area contributed by atoms with Gasteiger partial charge in [-0.15, -0.1) is 0 Å². The molecular weight excluding hydrogens is 583 g/mol. The molecule has 0 aromatic heterocycles. The molecule has 3 atom stereocenters. The van der Waals surface area contributed by atoms with Crippen LogP contribution in [-0.2, 0) is 19.6 Å². The van der Waals surface area contributed by atoms with E-state index in [0.717, 1.165) is 0 Å². The van der Waals surface area contributed by atoms with Gasteiger partial charge in [-0.2, -0.15) is 4.31 Å². The van der Waals surface area contributed by atoms with Crippen LogP contribution in [0.2, 0.25) is 10.0 Å². The summed E-state index contributed by atoms with van der Waals surface area (Å²) < 4.78 is 30.5. The first kappa shape index (κ1) is 30.8. The van der Waals surface area contributed by atoms with Crippen LogP contribution in [0.5, 0.6) is 0 Å². The van der Waals surface area contributed by atoms with Gasteiger partial charge in [0, 0.05) is 15.6 Å². The maximum atomic E-state index is 14.6. The summed E-state index contributed by atoms with van der Waals surface area (Å²) >= 11 is 12.5. The zero-order chi connectivity index (χ0) is 29.9. The van der Waals surface area contributed by atoms with Crippen LogP contribution in [0.25, 0.3) is 0 Å². The summed E-state index contributed by atoms with van der Waals surface area (Å²) in [4.78, 5) is 25.9. The summed E-state index contributed by atoms with van der Waals surface area (Å²) in [5.74, 6) is -1.80. The molecule has 2 N–H and O–H groups in total. The fraction of sp³-hybridized carbons (Fsp3) is 0.290. The van der Waals surface area contributed by atoms with E-state index < -0.39 is 40.0 Å². The molecule has 216 valence electrons. The van der Waals surface area contributed by atoms with Gasteiger partial charge in [-0.25, -0.2) is 13.2 Å². The number of carbonyl (C=O) groups excluding carboxylic acids is 1. The second-order valence-electron chi connectivity index (χ2n) is 10.5. The molecule has 0 unspecified atom stereocenters. The van der Waals surface area contributed by atoms with Gasteiger partial charge >= 0.3 is 5.97 Å². The van der Waals surface area contributed by atoms with Crippen molar-refractivity contribution in [3.63, 3.8) is 0 Å². The second-order valence-corrected chi connectivity index (χ2v) is 13.2. The lowest BCUT2D eigenvalue weighted by Crippen LogP contribution is -2.47. The summed E-state index contributed by atoms with van der Waals surface area (Å²) in [6, 6.07) is 17.4. The average molecular weight is 616 g/mol. The molecule has 1 aliphatic rings. The number of carboxylic acid groups (broad SMARTS) is 1. The van der Waals surface area contributed by atoms with Crippen molar-refractivity contribution < 1.29 is 23.1 Å². The van der Waals surface area contributed by atoms with E-state index in [1.807, 2.05) is 13.8 Å². The maximum absolute atomic E-state index is 14.6. The van der Waals surface area contributed by atoms with Gasteiger partial charge in [0.1, 0.15) is 6.04 Å². The van der Waals surface area contributed by atoms with Crippen molar-refractivity contribution in [1.82, 2.24) is 9.62 Å². The first-order valence-corrected chi connectivity index (χ1v) is 15.4. The van der Waals surface area contributed by atoms with Crippen molar-refractivity contribution in [2.24, 2.45) is 5.92 Å². The largest absolute Gasteiger partial charge is 0.480 e. The van der Waals surface area contributed by atoms with Gasteiger partial charge in [-0.05, 0) is 72.7 Å². The standard InChI is InChI=1S/C31H32Cl2N2O5S/c1-19(2)17-26(31(37)38)34-30(36)25-15-16-27(21-11-13-23(32)14-12-21)35(29(25)22-8-6-9-24(33)18-22)41(39,40)28-10-5-4-7-20(28)3/h4-15,18-19,26-27,29H,16-17H2,1-3H3,(H,34,36)(H,37,38)/t26-,27-,29-/m0/s1. The van der Waals surface area contributed by atoms with Crippen LogP contribution in [0.4, 0.5) is 0 Å². The minimum atomic E-state index is -4.22. The lowest BCUT2D eigenvalue weighted by Gasteiger charge is -2.41. The maximum Gasteiger partial charge on any atom is 0.326 e. The predicted octanol–water partition coefficient (Wildman–Crippen LogP) is 6.72. The third-order valence-electron chi connectivity index (χ3n) is 7.06. The van der Waals surface area contributed by atoms with Crippen molar-refractivity contribution in [1.29, 1.82) is 0 Å². The zero-order valence-corrected chi connectivity index (χ0v) is 25.2. The van der Waals surface area contributed by atoms with E-state index in [0.29, 0.717) is 26.7 Å². The average Bonchev–Trinajstić information content (AvgIpc) is 2.92. The predicted molar refractivity (Wildman–Crippen MR) is 160 cm³/mol. The van der Waals surface area contributed by atoms with Gasteiger partial charge in [-0.3, -0.25) is 4.79 Å². The highest BCUT2D eigenvalue weighted by atomic mass is 35.5. The van der Waals surface area contributed by atoms with E-state index in [9.17, 15) is 23.1 Å². The van der Waals surface area contributed by atoms with E-state index in [1.54, 1.807) is 85.8 Å². The molecule has 0 fully saturated rings. The molecule has 0 radical (unpaired) electrons. The molecule has 0 saturated heterocycles. The number of carboxylic acids is 1. The number of nitrogens with one attached hydrogen (secondary N) is 1. The Balaban J connectivity index is 1.94.